The van der Waals surface area contributed by atoms with E-state index in [4.69, 9.17) is 21.1 Å². The molecule has 0 saturated carbocycles. The Morgan fingerprint density at radius 2 is 1.60 bits per heavy atom. The fourth-order valence-electron chi connectivity index (χ4n) is 6.35. The van der Waals surface area contributed by atoms with Gasteiger partial charge < -0.3 is 40.3 Å². The van der Waals surface area contributed by atoms with Crippen LogP contribution in [-0.2, 0) is 49.5 Å². The summed E-state index contributed by atoms with van der Waals surface area (Å²) in [4.78, 5) is 98.4. The molecule has 16 heteroatoms. The van der Waals surface area contributed by atoms with Gasteiger partial charge in [-0.2, -0.15) is 0 Å². The lowest BCUT2D eigenvalue weighted by Gasteiger charge is -2.33. The zero-order valence-electron chi connectivity index (χ0n) is 37.2. The van der Waals surface area contributed by atoms with Gasteiger partial charge in [0, 0.05) is 37.5 Å². The Hall–Kier alpha value is -4.76. The molecule has 0 spiro atoms. The van der Waals surface area contributed by atoms with Crippen LogP contribution in [0.1, 0.15) is 100 Å². The molecular weight excluding hydrogens is 794 g/mol. The van der Waals surface area contributed by atoms with Crippen molar-refractivity contribution in [1.29, 1.82) is 0 Å². The van der Waals surface area contributed by atoms with Gasteiger partial charge in [0.25, 0.3) is 5.91 Å². The summed E-state index contributed by atoms with van der Waals surface area (Å²) in [6, 6.07) is 3.27. The minimum Gasteiger partial charge on any atom is -0.456 e. The summed E-state index contributed by atoms with van der Waals surface area (Å²) < 4.78 is 11.5. The second-order valence-corrected chi connectivity index (χ2v) is 17.2. The van der Waals surface area contributed by atoms with Crippen molar-refractivity contribution >= 4 is 53.1 Å². The third kappa shape index (κ3) is 15.4. The number of likely N-dealkylation sites (N-methyl/N-ethyl adjacent to an activating group) is 2. The van der Waals surface area contributed by atoms with Crippen LogP contribution in [0.2, 0.25) is 5.02 Å². The molecule has 0 fully saturated rings. The van der Waals surface area contributed by atoms with Crippen molar-refractivity contribution in [2.75, 3.05) is 20.6 Å². The van der Waals surface area contributed by atoms with E-state index in [0.29, 0.717) is 22.6 Å². The first-order valence-electron chi connectivity index (χ1n) is 20.5. The number of nitrogens with one attached hydrogen (secondary N) is 3. The molecule has 5 amide bonds. The third-order valence-electron chi connectivity index (χ3n) is 10.6. The molecule has 0 saturated heterocycles. The van der Waals surface area contributed by atoms with Crippen molar-refractivity contribution in [3.05, 3.63) is 58.1 Å². The van der Waals surface area contributed by atoms with E-state index in [9.17, 15) is 38.7 Å². The average molecular weight is 860 g/mol. The maximum Gasteiger partial charge on any atom is 0.334 e. The second kappa shape index (κ2) is 23.3. The molecule has 2 rings (SSSR count). The number of carbonyl (C=O) groups is 7. The molecule has 1 aromatic rings. The van der Waals surface area contributed by atoms with Gasteiger partial charge in [0.2, 0.25) is 23.6 Å². The number of halogens is 1. The topological polar surface area (TPSA) is 201 Å². The number of hydrogen-bond donors (Lipinski definition) is 4. The Morgan fingerprint density at radius 1 is 0.983 bits per heavy atom. The number of allylic oxidation sites excluding steroid dienone is 1. The molecular formula is C44H66ClN5O10. The number of hydrogen-bond acceptors (Lipinski definition) is 10. The molecule has 334 valence electrons. The Bertz CT molecular complexity index is 1760. The number of aliphatic hydroxyl groups excluding tert-OH is 1. The predicted molar refractivity (Wildman–Crippen MR) is 228 cm³/mol. The van der Waals surface area contributed by atoms with Gasteiger partial charge in [0.15, 0.2) is 6.10 Å². The van der Waals surface area contributed by atoms with Gasteiger partial charge in [-0.3, -0.25) is 24.0 Å². The van der Waals surface area contributed by atoms with Crippen LogP contribution < -0.4 is 16.0 Å². The highest BCUT2D eigenvalue weighted by atomic mass is 35.5. The highest BCUT2D eigenvalue weighted by Crippen LogP contribution is 2.21. The van der Waals surface area contributed by atoms with Crippen molar-refractivity contribution in [3.63, 3.8) is 0 Å². The van der Waals surface area contributed by atoms with E-state index in [-0.39, 0.29) is 37.2 Å². The number of ether oxygens (including phenoxy) is 2. The van der Waals surface area contributed by atoms with Crippen molar-refractivity contribution < 1.29 is 48.1 Å². The van der Waals surface area contributed by atoms with Crippen LogP contribution in [0.25, 0.3) is 0 Å². The monoisotopic (exact) mass is 859 g/mol. The average Bonchev–Trinajstić information content (AvgIpc) is 3.18. The van der Waals surface area contributed by atoms with E-state index in [1.165, 1.54) is 52.8 Å². The molecule has 4 N–H and O–H groups in total. The van der Waals surface area contributed by atoms with E-state index >= 15 is 0 Å². The number of nitrogens with zero attached hydrogens (tertiary/aromatic N) is 2. The largest absolute Gasteiger partial charge is 0.456 e. The van der Waals surface area contributed by atoms with Gasteiger partial charge in [0.05, 0.1) is 12.6 Å². The molecule has 0 radical (unpaired) electrons. The summed E-state index contributed by atoms with van der Waals surface area (Å²) in [6.07, 6.45) is 0.540. The molecule has 1 heterocycles. The van der Waals surface area contributed by atoms with Crippen molar-refractivity contribution in [2.45, 2.75) is 143 Å². The number of benzene rings is 1. The van der Waals surface area contributed by atoms with E-state index in [1.54, 1.807) is 51.1 Å². The summed E-state index contributed by atoms with van der Waals surface area (Å²) in [5.74, 6) is -5.35. The summed E-state index contributed by atoms with van der Waals surface area (Å²) in [6.45, 7) is 16.2. The predicted octanol–water partition coefficient (Wildman–Crippen LogP) is 4.04. The van der Waals surface area contributed by atoms with Crippen LogP contribution in [0.4, 0.5) is 0 Å². The third-order valence-corrected chi connectivity index (χ3v) is 10.9. The second-order valence-electron chi connectivity index (χ2n) is 16.7. The first-order chi connectivity index (χ1) is 27.9. The Kier molecular flexibility index (Phi) is 19.9. The van der Waals surface area contributed by atoms with E-state index in [2.05, 4.69) is 16.0 Å². The fourth-order valence-corrected chi connectivity index (χ4v) is 6.48. The molecule has 1 aliphatic heterocycles. The van der Waals surface area contributed by atoms with Crippen molar-refractivity contribution in [1.82, 2.24) is 25.8 Å². The maximum atomic E-state index is 14.2. The molecule has 0 aliphatic carbocycles. The van der Waals surface area contributed by atoms with Gasteiger partial charge in [-0.1, -0.05) is 70.0 Å². The van der Waals surface area contributed by atoms with Gasteiger partial charge in [-0.25, -0.2) is 9.59 Å². The van der Waals surface area contributed by atoms with Crippen molar-refractivity contribution in [3.8, 4) is 0 Å². The van der Waals surface area contributed by atoms with Gasteiger partial charge in [0.1, 0.15) is 29.8 Å². The molecule has 15 nitrogen and oxygen atoms in total. The van der Waals surface area contributed by atoms with Crippen LogP contribution >= 0.6 is 11.6 Å². The summed E-state index contributed by atoms with van der Waals surface area (Å²) >= 11 is 6.11. The first-order valence-corrected chi connectivity index (χ1v) is 20.9. The minimum absolute atomic E-state index is 0.0214. The van der Waals surface area contributed by atoms with Crippen LogP contribution in [0.3, 0.4) is 0 Å². The lowest BCUT2D eigenvalue weighted by molar-refractivity contribution is -0.157. The highest BCUT2D eigenvalue weighted by molar-refractivity contribution is 6.30. The molecule has 0 aromatic heterocycles. The fraction of sp³-hybridized carbons (Fsp3) is 0.614. The summed E-state index contributed by atoms with van der Waals surface area (Å²) in [7, 11) is 2.81. The number of carbonyl (C=O) groups excluding carboxylic acids is 7. The summed E-state index contributed by atoms with van der Waals surface area (Å²) in [5, 5.41) is 19.6. The normalized spacial score (nSPS) is 26.9. The van der Waals surface area contributed by atoms with Crippen molar-refractivity contribution in [2.24, 2.45) is 11.8 Å². The van der Waals surface area contributed by atoms with Gasteiger partial charge >= 0.3 is 11.9 Å². The molecule has 7 atom stereocenters. The SMILES string of the molecule is C/C=C(\C)[C@@H]1C[C@@H](O)C/C=C(\C)C(=O)O[C@H](CC(C)C)C(=O)N[C@@H](C)C(=O)N(C)[C@H](Cc2ccc(Cl)cc2)C(=O)N(C)CC(=O)NC(C(C)CC)C(=O)NC(C)(C)C(=O)O1. The number of esters is 2. The zero-order chi connectivity index (χ0) is 45.6. The standard InChI is InChI=1S/C44H66ClN5O10/c1-13-26(5)34-23-32(51)20-15-28(7)42(57)59-35(21-25(3)4)38(53)46-29(8)40(55)50(12)33(22-30-16-18-31(45)19-17-30)41(56)49(11)24-36(52)47-37(27(6)14-2)39(54)48-44(9,10)43(58)60-34/h13,15-19,25,27,29,32-35,37,51H,14,20-24H2,1-12H3,(H,46,53)(H,47,52)(H,48,54)/b26-13+,28-15+/t27?,29-,32-,33+,34-,35+,37?/m0/s1. The molecule has 1 aliphatic rings. The first kappa shape index (κ1) is 51.4. The lowest BCUT2D eigenvalue weighted by Crippen LogP contribution is -2.60. The maximum absolute atomic E-state index is 14.2. The number of aliphatic hydroxyl groups is 1. The summed E-state index contributed by atoms with van der Waals surface area (Å²) in [5.41, 5.74) is -0.159. The van der Waals surface area contributed by atoms with Crippen LogP contribution in [0, 0.1) is 11.8 Å². The lowest BCUT2D eigenvalue weighted by atomic mass is 9.96. The van der Waals surface area contributed by atoms with Gasteiger partial charge in [-0.15, -0.1) is 0 Å². The Labute approximate surface area is 360 Å². The molecule has 60 heavy (non-hydrogen) atoms. The van der Waals surface area contributed by atoms with Crippen LogP contribution in [-0.4, -0.2) is 119 Å². The van der Waals surface area contributed by atoms with Crippen LogP contribution in [0.15, 0.2) is 47.6 Å². The zero-order valence-corrected chi connectivity index (χ0v) is 38.0. The molecule has 0 bridgehead atoms. The van der Waals surface area contributed by atoms with E-state index in [1.807, 2.05) is 20.8 Å². The highest BCUT2D eigenvalue weighted by Gasteiger charge is 2.39. The number of amides is 5. The smallest absolute Gasteiger partial charge is 0.334 e. The number of cyclic esters (lactones) is 2. The Morgan fingerprint density at radius 3 is 2.17 bits per heavy atom. The van der Waals surface area contributed by atoms with E-state index < -0.39 is 95.9 Å². The minimum atomic E-state index is -1.58. The van der Waals surface area contributed by atoms with E-state index in [0.717, 1.165) is 4.90 Å². The molecule has 1 aromatic carbocycles. The quantitative estimate of drug-likeness (QED) is 0.229. The van der Waals surface area contributed by atoms with Gasteiger partial charge in [-0.05, 0) is 89.5 Å². The number of rotatable bonds is 7. The van der Waals surface area contributed by atoms with Crippen LogP contribution in [0.5, 0.6) is 0 Å². The Balaban J connectivity index is 2.64. The molecule has 2 unspecified atom stereocenters.